The standard InChI is InChI=1S/C24H26N6O3S/c1-15-2-7-20(34(32,33)29-18-3-5-19(31)6-4-18)9-21(15)23-12-28-24-22(25)8-16(13-30(23)24)17-10-26-14-27-11-17/h2,7-14,18-19,29,31H,3-6,25H2,1H3/t18-,19-. The second-order valence-electron chi connectivity index (χ2n) is 8.75. The molecule has 4 aromatic rings. The van der Waals surface area contributed by atoms with Crippen molar-refractivity contribution in [3.05, 3.63) is 60.9 Å². The minimum atomic E-state index is -3.72. The van der Waals surface area contributed by atoms with Gasteiger partial charge in [-0.05, 0) is 56.4 Å². The highest BCUT2D eigenvalue weighted by Gasteiger charge is 2.25. The van der Waals surface area contributed by atoms with Crippen molar-refractivity contribution in [1.29, 1.82) is 0 Å². The minimum absolute atomic E-state index is 0.176. The van der Waals surface area contributed by atoms with E-state index in [1.165, 1.54) is 6.33 Å². The van der Waals surface area contributed by atoms with E-state index in [4.69, 9.17) is 5.73 Å². The van der Waals surface area contributed by atoms with Crippen LogP contribution in [0.4, 0.5) is 5.69 Å². The van der Waals surface area contributed by atoms with Gasteiger partial charge in [0.1, 0.15) is 6.33 Å². The molecule has 0 saturated heterocycles. The molecule has 176 valence electrons. The van der Waals surface area contributed by atoms with E-state index in [-0.39, 0.29) is 17.0 Å². The van der Waals surface area contributed by atoms with Gasteiger partial charge in [0.15, 0.2) is 5.65 Å². The first-order chi connectivity index (χ1) is 16.3. The maximum absolute atomic E-state index is 13.1. The monoisotopic (exact) mass is 478 g/mol. The number of rotatable bonds is 5. The van der Waals surface area contributed by atoms with Crippen LogP contribution < -0.4 is 10.5 Å². The molecule has 0 radical (unpaired) electrons. The van der Waals surface area contributed by atoms with Crippen LogP contribution in [0, 0.1) is 6.92 Å². The van der Waals surface area contributed by atoms with Gasteiger partial charge in [0.2, 0.25) is 10.0 Å². The molecular weight excluding hydrogens is 452 g/mol. The molecule has 0 spiro atoms. The third kappa shape index (κ3) is 4.27. The van der Waals surface area contributed by atoms with Gasteiger partial charge >= 0.3 is 0 Å². The number of aliphatic hydroxyl groups is 1. The van der Waals surface area contributed by atoms with E-state index < -0.39 is 10.0 Å². The summed E-state index contributed by atoms with van der Waals surface area (Å²) in [6.45, 7) is 1.93. The largest absolute Gasteiger partial charge is 0.396 e. The third-order valence-electron chi connectivity index (χ3n) is 6.34. The smallest absolute Gasteiger partial charge is 0.240 e. The van der Waals surface area contributed by atoms with E-state index in [1.54, 1.807) is 36.8 Å². The van der Waals surface area contributed by atoms with Gasteiger partial charge in [-0.15, -0.1) is 0 Å². The van der Waals surface area contributed by atoms with Crippen molar-refractivity contribution >= 4 is 21.4 Å². The SMILES string of the molecule is Cc1ccc(S(=O)(=O)N[C@H]2CC[C@H](O)CC2)cc1-c1cnc2c(N)cc(-c3cncnc3)cn12. The van der Waals surface area contributed by atoms with Crippen molar-refractivity contribution in [1.82, 2.24) is 24.1 Å². The highest BCUT2D eigenvalue weighted by Crippen LogP contribution is 2.31. The molecule has 10 heteroatoms. The second-order valence-corrected chi connectivity index (χ2v) is 10.5. The van der Waals surface area contributed by atoms with Crippen molar-refractivity contribution in [2.75, 3.05) is 5.73 Å². The van der Waals surface area contributed by atoms with Crippen LogP contribution in [0.15, 0.2) is 60.3 Å². The number of aliphatic hydroxyl groups excluding tert-OH is 1. The molecule has 34 heavy (non-hydrogen) atoms. The molecule has 0 atom stereocenters. The quantitative estimate of drug-likeness (QED) is 0.401. The molecule has 1 aliphatic rings. The van der Waals surface area contributed by atoms with Crippen molar-refractivity contribution in [3.8, 4) is 22.4 Å². The summed E-state index contributed by atoms with van der Waals surface area (Å²) < 4.78 is 31.0. The van der Waals surface area contributed by atoms with Gasteiger partial charge in [0, 0.05) is 41.3 Å². The van der Waals surface area contributed by atoms with E-state index in [1.807, 2.05) is 23.6 Å². The normalized spacial score (nSPS) is 18.9. The molecule has 1 fully saturated rings. The van der Waals surface area contributed by atoms with E-state index in [2.05, 4.69) is 19.7 Å². The number of sulfonamides is 1. The summed E-state index contributed by atoms with van der Waals surface area (Å²) in [7, 11) is -3.72. The molecule has 0 unspecified atom stereocenters. The Kier molecular flexibility index (Phi) is 5.80. The molecule has 9 nitrogen and oxygen atoms in total. The van der Waals surface area contributed by atoms with Crippen LogP contribution in [-0.4, -0.2) is 45.0 Å². The predicted molar refractivity (Wildman–Crippen MR) is 129 cm³/mol. The van der Waals surface area contributed by atoms with E-state index in [9.17, 15) is 13.5 Å². The van der Waals surface area contributed by atoms with Crippen LogP contribution in [0.25, 0.3) is 28.0 Å². The second kappa shape index (κ2) is 8.79. The number of imidazole rings is 1. The van der Waals surface area contributed by atoms with Crippen molar-refractivity contribution in [2.24, 2.45) is 0 Å². The number of aryl methyl sites for hydroxylation is 1. The Hall–Kier alpha value is -3.34. The van der Waals surface area contributed by atoms with Gasteiger partial charge in [-0.1, -0.05) is 6.07 Å². The Labute approximate surface area is 197 Å². The fourth-order valence-electron chi connectivity index (χ4n) is 4.44. The predicted octanol–water partition coefficient (Wildman–Crippen LogP) is 2.93. The Morgan fingerprint density at radius 1 is 1.06 bits per heavy atom. The first-order valence-electron chi connectivity index (χ1n) is 11.2. The fraction of sp³-hybridized carbons (Fsp3) is 0.292. The topological polar surface area (TPSA) is 136 Å². The summed E-state index contributed by atoms with van der Waals surface area (Å²) in [5, 5.41) is 9.71. The molecule has 0 amide bonds. The minimum Gasteiger partial charge on any atom is -0.396 e. The Morgan fingerprint density at radius 3 is 2.53 bits per heavy atom. The number of hydrogen-bond donors (Lipinski definition) is 3. The van der Waals surface area contributed by atoms with Gasteiger partial charge in [0.05, 0.1) is 28.6 Å². The summed E-state index contributed by atoms with van der Waals surface area (Å²) in [6.07, 6.45) is 10.6. The van der Waals surface area contributed by atoms with Crippen LogP contribution in [-0.2, 0) is 10.0 Å². The van der Waals surface area contributed by atoms with Crippen LogP contribution in [0.1, 0.15) is 31.2 Å². The molecule has 0 bridgehead atoms. The number of nitrogen functional groups attached to an aromatic ring is 1. The zero-order valence-corrected chi connectivity index (χ0v) is 19.5. The molecule has 1 saturated carbocycles. The van der Waals surface area contributed by atoms with Gasteiger partial charge in [-0.25, -0.2) is 28.1 Å². The lowest BCUT2D eigenvalue weighted by molar-refractivity contribution is 0.120. The number of hydrogen-bond acceptors (Lipinski definition) is 7. The number of pyridine rings is 1. The van der Waals surface area contributed by atoms with Crippen LogP contribution >= 0.6 is 0 Å². The number of aromatic nitrogens is 4. The zero-order chi connectivity index (χ0) is 23.9. The molecule has 1 aliphatic carbocycles. The molecule has 4 N–H and O–H groups in total. The first-order valence-corrected chi connectivity index (χ1v) is 12.6. The van der Waals surface area contributed by atoms with Gasteiger partial charge in [0.25, 0.3) is 0 Å². The Bertz CT molecular complexity index is 1440. The fourth-order valence-corrected chi connectivity index (χ4v) is 5.78. The molecule has 3 aromatic heterocycles. The van der Waals surface area contributed by atoms with Gasteiger partial charge in [-0.2, -0.15) is 0 Å². The van der Waals surface area contributed by atoms with Crippen LogP contribution in [0.2, 0.25) is 0 Å². The summed E-state index contributed by atoms with van der Waals surface area (Å²) in [5.41, 5.74) is 11.4. The van der Waals surface area contributed by atoms with Crippen molar-refractivity contribution < 1.29 is 13.5 Å². The van der Waals surface area contributed by atoms with E-state index in [0.29, 0.717) is 37.0 Å². The lowest BCUT2D eigenvalue weighted by Crippen LogP contribution is -2.38. The lowest BCUT2D eigenvalue weighted by atomic mass is 9.94. The summed E-state index contributed by atoms with van der Waals surface area (Å²) in [4.78, 5) is 12.8. The number of nitrogens with two attached hydrogens (primary N) is 1. The number of nitrogens with one attached hydrogen (secondary N) is 1. The van der Waals surface area contributed by atoms with Gasteiger partial charge < -0.3 is 10.8 Å². The van der Waals surface area contributed by atoms with Crippen molar-refractivity contribution in [2.45, 2.75) is 49.6 Å². The lowest BCUT2D eigenvalue weighted by Gasteiger charge is -2.26. The highest BCUT2D eigenvalue weighted by atomic mass is 32.2. The number of anilines is 1. The highest BCUT2D eigenvalue weighted by molar-refractivity contribution is 7.89. The maximum atomic E-state index is 13.1. The molecule has 0 aliphatic heterocycles. The van der Waals surface area contributed by atoms with E-state index in [0.717, 1.165) is 27.9 Å². The molecule has 3 heterocycles. The number of benzene rings is 1. The summed E-state index contributed by atoms with van der Waals surface area (Å²) >= 11 is 0. The van der Waals surface area contributed by atoms with Crippen molar-refractivity contribution in [3.63, 3.8) is 0 Å². The van der Waals surface area contributed by atoms with Gasteiger partial charge in [-0.3, -0.25) is 4.40 Å². The molecule has 1 aromatic carbocycles. The average molecular weight is 479 g/mol. The number of fused-ring (bicyclic) bond motifs is 1. The molecular formula is C24H26N6O3S. The Balaban J connectivity index is 1.55. The van der Waals surface area contributed by atoms with Crippen LogP contribution in [0.3, 0.4) is 0 Å². The van der Waals surface area contributed by atoms with Crippen LogP contribution in [0.5, 0.6) is 0 Å². The summed E-state index contributed by atoms with van der Waals surface area (Å²) in [6, 6.07) is 6.73. The number of nitrogens with zero attached hydrogens (tertiary/aromatic N) is 4. The molecule has 5 rings (SSSR count). The maximum Gasteiger partial charge on any atom is 0.240 e. The van der Waals surface area contributed by atoms with E-state index >= 15 is 0 Å². The Morgan fingerprint density at radius 2 is 1.79 bits per heavy atom. The zero-order valence-electron chi connectivity index (χ0n) is 18.7. The third-order valence-corrected chi connectivity index (χ3v) is 7.86. The average Bonchev–Trinajstić information content (AvgIpc) is 3.25. The first kappa shape index (κ1) is 22.5. The summed E-state index contributed by atoms with van der Waals surface area (Å²) in [5.74, 6) is 0.